The number of rotatable bonds is 5. The molecule has 4 aromatic rings. The fourth-order valence-corrected chi connectivity index (χ4v) is 5.07. The van der Waals surface area contributed by atoms with E-state index < -0.39 is 5.82 Å². The third kappa shape index (κ3) is 4.38. The quantitative estimate of drug-likeness (QED) is 0.469. The van der Waals surface area contributed by atoms with Crippen molar-refractivity contribution in [2.24, 2.45) is 0 Å². The molecule has 2 aromatic carbocycles. The molecule has 7 nitrogen and oxygen atoms in total. The van der Waals surface area contributed by atoms with Crippen molar-refractivity contribution >= 4 is 22.4 Å². The summed E-state index contributed by atoms with van der Waals surface area (Å²) in [6, 6.07) is 16.3. The van der Waals surface area contributed by atoms with Gasteiger partial charge in [0, 0.05) is 36.4 Å². The van der Waals surface area contributed by atoms with Gasteiger partial charge < -0.3 is 15.4 Å². The number of halogens is 1. The van der Waals surface area contributed by atoms with Gasteiger partial charge in [-0.15, -0.1) is 11.3 Å². The lowest BCUT2D eigenvalue weighted by Crippen LogP contribution is -2.36. The lowest BCUT2D eigenvalue weighted by Gasteiger charge is -2.20. The van der Waals surface area contributed by atoms with Crippen molar-refractivity contribution in [1.29, 1.82) is 0 Å². The van der Waals surface area contributed by atoms with E-state index in [1.807, 2.05) is 41.3 Å². The Morgan fingerprint density at radius 2 is 1.91 bits per heavy atom. The van der Waals surface area contributed by atoms with Crippen molar-refractivity contribution in [3.8, 4) is 28.3 Å². The minimum atomic E-state index is -0.435. The molecule has 0 atom stereocenters. The fourth-order valence-electron chi connectivity index (χ4n) is 4.20. The second-order valence-electron chi connectivity index (χ2n) is 8.09. The first-order valence-electron chi connectivity index (χ1n) is 11.0. The SMILES string of the molecule is COc1cc(-c2cc(-c3ccccc3)n(CC(=O)N3CCc4nc(N)sc4CC3)n2)ccc1F. The average molecular weight is 478 g/mol. The first-order chi connectivity index (χ1) is 16.5. The summed E-state index contributed by atoms with van der Waals surface area (Å²) >= 11 is 1.50. The molecule has 3 heterocycles. The molecule has 1 aliphatic heterocycles. The zero-order valence-electron chi connectivity index (χ0n) is 18.7. The average Bonchev–Trinajstić information content (AvgIpc) is 3.37. The van der Waals surface area contributed by atoms with Crippen LogP contribution in [0.15, 0.2) is 54.6 Å². The Hall–Kier alpha value is -3.72. The van der Waals surface area contributed by atoms with Crippen LogP contribution in [0.1, 0.15) is 10.6 Å². The highest BCUT2D eigenvalue weighted by Gasteiger charge is 2.23. The summed E-state index contributed by atoms with van der Waals surface area (Å²) in [7, 11) is 1.43. The van der Waals surface area contributed by atoms with Gasteiger partial charge >= 0.3 is 0 Å². The molecular formula is C25H24FN5O2S. The largest absolute Gasteiger partial charge is 0.494 e. The first kappa shape index (κ1) is 22.1. The zero-order chi connectivity index (χ0) is 23.7. The standard InChI is InChI=1S/C25H24FN5O2S/c1-33-22-13-17(7-8-18(22)26)20-14-21(16-5-3-2-4-6-16)31(29-20)15-24(32)30-11-9-19-23(10-12-30)34-25(27)28-19/h2-8,13-14H,9-12,15H2,1H3,(H2,27,28). The van der Waals surface area contributed by atoms with Gasteiger partial charge in [-0.25, -0.2) is 9.37 Å². The molecule has 0 saturated carbocycles. The maximum Gasteiger partial charge on any atom is 0.244 e. The smallest absolute Gasteiger partial charge is 0.244 e. The van der Waals surface area contributed by atoms with Gasteiger partial charge in [0.25, 0.3) is 0 Å². The number of hydrogen-bond acceptors (Lipinski definition) is 6. The van der Waals surface area contributed by atoms with Crippen LogP contribution >= 0.6 is 11.3 Å². The highest BCUT2D eigenvalue weighted by Crippen LogP contribution is 2.30. The van der Waals surface area contributed by atoms with Crippen molar-refractivity contribution in [2.45, 2.75) is 19.4 Å². The Morgan fingerprint density at radius 1 is 1.12 bits per heavy atom. The normalized spacial score (nSPS) is 13.4. The van der Waals surface area contributed by atoms with Gasteiger partial charge in [-0.2, -0.15) is 5.10 Å². The third-order valence-electron chi connectivity index (χ3n) is 5.96. The Balaban J connectivity index is 1.43. The van der Waals surface area contributed by atoms with Crippen LogP contribution in [0.4, 0.5) is 9.52 Å². The van der Waals surface area contributed by atoms with Gasteiger partial charge in [0.1, 0.15) is 6.54 Å². The molecule has 0 radical (unpaired) electrons. The monoisotopic (exact) mass is 477 g/mol. The summed E-state index contributed by atoms with van der Waals surface area (Å²) in [5.74, 6) is -0.294. The maximum absolute atomic E-state index is 13.9. The molecule has 1 amide bonds. The van der Waals surface area contributed by atoms with E-state index in [-0.39, 0.29) is 18.2 Å². The van der Waals surface area contributed by atoms with Crippen molar-refractivity contribution in [3.63, 3.8) is 0 Å². The summed E-state index contributed by atoms with van der Waals surface area (Å²) in [5.41, 5.74) is 9.95. The zero-order valence-corrected chi connectivity index (χ0v) is 19.5. The van der Waals surface area contributed by atoms with Gasteiger partial charge in [-0.3, -0.25) is 9.48 Å². The fraction of sp³-hybridized carbons (Fsp3) is 0.240. The van der Waals surface area contributed by atoms with E-state index in [1.54, 1.807) is 16.8 Å². The second-order valence-corrected chi connectivity index (χ2v) is 9.21. The number of nitrogens with zero attached hydrogens (tertiary/aromatic N) is 4. The Labute approximate surface area is 200 Å². The molecule has 0 fully saturated rings. The van der Waals surface area contributed by atoms with Crippen LogP contribution in [-0.4, -0.2) is 45.8 Å². The van der Waals surface area contributed by atoms with Crippen molar-refractivity contribution in [3.05, 3.63) is 71.0 Å². The molecule has 5 rings (SSSR count). The highest BCUT2D eigenvalue weighted by molar-refractivity contribution is 7.15. The lowest BCUT2D eigenvalue weighted by molar-refractivity contribution is -0.131. The highest BCUT2D eigenvalue weighted by atomic mass is 32.1. The first-order valence-corrected chi connectivity index (χ1v) is 11.8. The number of fused-ring (bicyclic) bond motifs is 1. The summed E-state index contributed by atoms with van der Waals surface area (Å²) < 4.78 is 20.8. The van der Waals surface area contributed by atoms with E-state index >= 15 is 0 Å². The summed E-state index contributed by atoms with van der Waals surface area (Å²) in [6.45, 7) is 1.32. The lowest BCUT2D eigenvalue weighted by atomic mass is 10.1. The van der Waals surface area contributed by atoms with E-state index in [0.717, 1.165) is 28.2 Å². The number of aromatic nitrogens is 3. The molecule has 2 aromatic heterocycles. The maximum atomic E-state index is 13.9. The summed E-state index contributed by atoms with van der Waals surface area (Å²) in [4.78, 5) is 20.7. The van der Waals surface area contributed by atoms with Crippen LogP contribution in [-0.2, 0) is 24.2 Å². The third-order valence-corrected chi connectivity index (χ3v) is 6.94. The van der Waals surface area contributed by atoms with Crippen molar-refractivity contribution in [2.75, 3.05) is 25.9 Å². The van der Waals surface area contributed by atoms with Crippen LogP contribution in [0.3, 0.4) is 0 Å². The molecular weight excluding hydrogens is 453 g/mol. The molecule has 0 bridgehead atoms. The molecule has 1 aliphatic rings. The number of amides is 1. The second kappa shape index (κ2) is 9.26. The van der Waals surface area contributed by atoms with Crippen molar-refractivity contribution < 1.29 is 13.9 Å². The van der Waals surface area contributed by atoms with E-state index in [2.05, 4.69) is 4.98 Å². The summed E-state index contributed by atoms with van der Waals surface area (Å²) in [6.07, 6.45) is 1.45. The Morgan fingerprint density at radius 3 is 2.71 bits per heavy atom. The number of anilines is 1. The van der Waals surface area contributed by atoms with E-state index in [1.165, 1.54) is 24.5 Å². The molecule has 0 aliphatic carbocycles. The van der Waals surface area contributed by atoms with E-state index in [4.69, 9.17) is 15.6 Å². The number of carbonyl (C=O) groups is 1. The minimum Gasteiger partial charge on any atom is -0.494 e. The van der Waals surface area contributed by atoms with Gasteiger partial charge in [0.05, 0.1) is 24.2 Å². The van der Waals surface area contributed by atoms with Gasteiger partial charge in [-0.1, -0.05) is 30.3 Å². The summed E-state index contributed by atoms with van der Waals surface area (Å²) in [5, 5.41) is 5.31. The molecule has 174 valence electrons. The predicted molar refractivity (Wildman–Crippen MR) is 130 cm³/mol. The number of ether oxygens (including phenoxy) is 1. The molecule has 34 heavy (non-hydrogen) atoms. The van der Waals surface area contributed by atoms with Gasteiger partial charge in [0.15, 0.2) is 16.7 Å². The number of thiazole rings is 1. The molecule has 0 spiro atoms. The van der Waals surface area contributed by atoms with Crippen LogP contribution in [0, 0.1) is 5.82 Å². The van der Waals surface area contributed by atoms with E-state index in [0.29, 0.717) is 35.9 Å². The number of benzene rings is 2. The van der Waals surface area contributed by atoms with Crippen LogP contribution < -0.4 is 10.5 Å². The van der Waals surface area contributed by atoms with Crippen molar-refractivity contribution in [1.82, 2.24) is 19.7 Å². The molecule has 2 N–H and O–H groups in total. The topological polar surface area (TPSA) is 86.3 Å². The Bertz CT molecular complexity index is 1310. The van der Waals surface area contributed by atoms with Crippen LogP contribution in [0.2, 0.25) is 0 Å². The number of methoxy groups -OCH3 is 1. The van der Waals surface area contributed by atoms with Crippen LogP contribution in [0.5, 0.6) is 5.75 Å². The van der Waals surface area contributed by atoms with E-state index in [9.17, 15) is 9.18 Å². The number of carbonyl (C=O) groups excluding carboxylic acids is 1. The molecule has 0 unspecified atom stereocenters. The number of nitrogens with two attached hydrogens (primary N) is 1. The Kier molecular flexibility index (Phi) is 6.02. The molecule has 0 saturated heterocycles. The predicted octanol–water partition coefficient (Wildman–Crippen LogP) is 4.03. The van der Waals surface area contributed by atoms with Gasteiger partial charge in [0.2, 0.25) is 5.91 Å². The van der Waals surface area contributed by atoms with Crippen LogP contribution in [0.25, 0.3) is 22.5 Å². The number of nitrogen functional groups attached to an aromatic ring is 1. The molecule has 9 heteroatoms. The number of hydrogen-bond donors (Lipinski definition) is 1. The van der Waals surface area contributed by atoms with Gasteiger partial charge in [-0.05, 0) is 29.8 Å². The minimum absolute atomic E-state index is 0.00774.